The van der Waals surface area contributed by atoms with Crippen LogP contribution in [0.4, 0.5) is 0 Å². The molecule has 0 spiro atoms. The van der Waals surface area contributed by atoms with Crippen molar-refractivity contribution in [3.8, 4) is 11.8 Å². The normalized spacial score (nSPS) is 12.9. The van der Waals surface area contributed by atoms with Crippen molar-refractivity contribution in [1.29, 1.82) is 0 Å². The monoisotopic (exact) mass is 202 g/mol. The summed E-state index contributed by atoms with van der Waals surface area (Å²) in [6, 6.07) is 4.57. The van der Waals surface area contributed by atoms with Gasteiger partial charge in [0, 0.05) is 5.56 Å². The van der Waals surface area contributed by atoms with Crippen LogP contribution in [0, 0.1) is 11.8 Å². The number of aliphatic hydroxyl groups is 1. The van der Waals surface area contributed by atoms with Gasteiger partial charge in [0.25, 0.3) is 0 Å². The summed E-state index contributed by atoms with van der Waals surface area (Å²) in [7, 11) is 0. The van der Waals surface area contributed by atoms with Crippen LogP contribution in [0.3, 0.4) is 0 Å². The molecule has 1 aliphatic heterocycles. The van der Waals surface area contributed by atoms with E-state index in [-0.39, 0.29) is 17.7 Å². The minimum Gasteiger partial charge on any atom is -0.386 e. The molecule has 4 nitrogen and oxygen atoms in total. The third-order valence-corrected chi connectivity index (χ3v) is 1.96. The van der Waals surface area contributed by atoms with Crippen molar-refractivity contribution in [3.63, 3.8) is 0 Å². The van der Waals surface area contributed by atoms with Crippen LogP contribution < -0.4 is 0 Å². The minimum atomic E-state index is -0.650. The van der Waals surface area contributed by atoms with Gasteiger partial charge in [0.15, 0.2) is 0 Å². The Morgan fingerprint density at radius 2 is 1.93 bits per heavy atom. The van der Waals surface area contributed by atoms with Gasteiger partial charge in [-0.05, 0) is 18.2 Å². The van der Waals surface area contributed by atoms with Crippen molar-refractivity contribution in [3.05, 3.63) is 34.9 Å². The molecule has 0 atom stereocenters. The molecule has 0 bridgehead atoms. The van der Waals surface area contributed by atoms with Gasteiger partial charge in [-0.15, -0.1) is 0 Å². The van der Waals surface area contributed by atoms with Gasteiger partial charge in [-0.1, -0.05) is 11.8 Å². The van der Waals surface area contributed by atoms with Gasteiger partial charge in [0.1, 0.15) is 6.61 Å². The first-order valence-electron chi connectivity index (χ1n) is 4.22. The summed E-state index contributed by atoms with van der Waals surface area (Å²) in [5.41, 5.74) is 1.05. The minimum absolute atomic E-state index is 0.227. The molecule has 1 heterocycles. The molecule has 74 valence electrons. The highest BCUT2D eigenvalue weighted by atomic mass is 16.6. The predicted molar refractivity (Wildman–Crippen MR) is 50.2 cm³/mol. The SMILES string of the molecule is O=C1OC(=O)c2cc(C#CCO)ccc21. The number of ether oxygens (including phenoxy) is 1. The standard InChI is InChI=1S/C11H6O4/c12-5-1-2-7-3-4-8-9(6-7)11(14)15-10(8)13/h3-4,6,12H,5H2. The zero-order chi connectivity index (χ0) is 10.8. The fourth-order valence-electron chi connectivity index (χ4n) is 1.30. The molecule has 0 amide bonds. The zero-order valence-corrected chi connectivity index (χ0v) is 7.61. The van der Waals surface area contributed by atoms with E-state index in [0.29, 0.717) is 5.56 Å². The average Bonchev–Trinajstić information content (AvgIpc) is 2.52. The number of carbonyl (C=O) groups excluding carboxylic acids is 2. The first kappa shape index (κ1) is 9.44. The number of hydrogen-bond acceptors (Lipinski definition) is 4. The molecule has 2 rings (SSSR count). The highest BCUT2D eigenvalue weighted by Crippen LogP contribution is 2.20. The van der Waals surface area contributed by atoms with E-state index in [2.05, 4.69) is 16.6 Å². The predicted octanol–water partition coefficient (Wildman–Crippen LogP) is 0.341. The number of esters is 2. The summed E-state index contributed by atoms with van der Waals surface area (Å²) in [4.78, 5) is 22.2. The van der Waals surface area contributed by atoms with E-state index >= 15 is 0 Å². The quantitative estimate of drug-likeness (QED) is 0.374. The number of carbonyl (C=O) groups is 2. The van der Waals surface area contributed by atoms with Crippen molar-refractivity contribution >= 4 is 11.9 Å². The second kappa shape index (κ2) is 3.56. The Morgan fingerprint density at radius 1 is 1.20 bits per heavy atom. The van der Waals surface area contributed by atoms with Gasteiger partial charge in [-0.25, -0.2) is 9.59 Å². The molecule has 15 heavy (non-hydrogen) atoms. The Hall–Kier alpha value is -2.12. The fourth-order valence-corrected chi connectivity index (χ4v) is 1.30. The summed E-state index contributed by atoms with van der Waals surface area (Å²) >= 11 is 0. The maximum Gasteiger partial charge on any atom is 0.346 e. The van der Waals surface area contributed by atoms with Crippen LogP contribution in [0.2, 0.25) is 0 Å². The van der Waals surface area contributed by atoms with Gasteiger partial charge >= 0.3 is 11.9 Å². The second-order valence-electron chi connectivity index (χ2n) is 2.90. The van der Waals surface area contributed by atoms with Crippen LogP contribution >= 0.6 is 0 Å². The summed E-state index contributed by atoms with van der Waals surface area (Å²) in [5, 5.41) is 8.50. The van der Waals surface area contributed by atoms with E-state index in [1.165, 1.54) is 12.1 Å². The molecule has 0 unspecified atom stereocenters. The van der Waals surface area contributed by atoms with E-state index in [0.717, 1.165) is 0 Å². The van der Waals surface area contributed by atoms with Gasteiger partial charge in [-0.3, -0.25) is 0 Å². The number of fused-ring (bicyclic) bond motifs is 1. The summed E-state index contributed by atoms with van der Waals surface area (Å²) in [6.07, 6.45) is 0. The summed E-state index contributed by atoms with van der Waals surface area (Å²) in [5.74, 6) is 3.81. The summed E-state index contributed by atoms with van der Waals surface area (Å²) in [6.45, 7) is -0.250. The van der Waals surface area contributed by atoms with Crippen LogP contribution in [-0.4, -0.2) is 23.7 Å². The number of cyclic esters (lactones) is 2. The van der Waals surface area contributed by atoms with E-state index < -0.39 is 11.9 Å². The first-order valence-corrected chi connectivity index (χ1v) is 4.22. The Kier molecular flexibility index (Phi) is 2.24. The van der Waals surface area contributed by atoms with Crippen LogP contribution in [0.5, 0.6) is 0 Å². The number of rotatable bonds is 0. The molecule has 1 aliphatic rings. The van der Waals surface area contributed by atoms with Gasteiger partial charge < -0.3 is 9.84 Å². The number of benzene rings is 1. The third kappa shape index (κ3) is 1.60. The third-order valence-electron chi connectivity index (χ3n) is 1.96. The second-order valence-corrected chi connectivity index (χ2v) is 2.90. The maximum absolute atomic E-state index is 11.2. The highest BCUT2D eigenvalue weighted by molar-refractivity contribution is 6.14. The molecule has 0 fully saturated rings. The number of hydrogen-bond donors (Lipinski definition) is 1. The van der Waals surface area contributed by atoms with Crippen LogP contribution in [0.25, 0.3) is 0 Å². The Labute approximate surface area is 85.5 Å². The molecule has 0 saturated carbocycles. The van der Waals surface area contributed by atoms with E-state index in [9.17, 15) is 9.59 Å². The Morgan fingerprint density at radius 3 is 2.67 bits per heavy atom. The largest absolute Gasteiger partial charge is 0.386 e. The van der Waals surface area contributed by atoms with Crippen LogP contribution in [-0.2, 0) is 4.74 Å². The fraction of sp³-hybridized carbons (Fsp3) is 0.0909. The highest BCUT2D eigenvalue weighted by Gasteiger charge is 2.29. The molecule has 0 radical (unpaired) electrons. The number of aliphatic hydroxyl groups excluding tert-OH is 1. The molecule has 1 N–H and O–H groups in total. The first-order chi connectivity index (χ1) is 7.22. The van der Waals surface area contributed by atoms with Gasteiger partial charge in [-0.2, -0.15) is 0 Å². The lowest BCUT2D eigenvalue weighted by molar-refractivity contribution is 0.0444. The lowest BCUT2D eigenvalue weighted by atomic mass is 10.1. The molecular formula is C11H6O4. The summed E-state index contributed by atoms with van der Waals surface area (Å²) < 4.78 is 4.42. The lowest BCUT2D eigenvalue weighted by Gasteiger charge is -1.92. The lowest BCUT2D eigenvalue weighted by Crippen LogP contribution is -1.96. The van der Waals surface area contributed by atoms with Gasteiger partial charge in [0.05, 0.1) is 11.1 Å². The Bertz CT molecular complexity index is 505. The molecule has 0 aliphatic carbocycles. The van der Waals surface area contributed by atoms with Crippen molar-refractivity contribution < 1.29 is 19.4 Å². The smallest absolute Gasteiger partial charge is 0.346 e. The molecule has 0 aromatic heterocycles. The van der Waals surface area contributed by atoms with Crippen LogP contribution in [0.15, 0.2) is 18.2 Å². The van der Waals surface area contributed by atoms with E-state index in [1.807, 2.05) is 0 Å². The van der Waals surface area contributed by atoms with Crippen LogP contribution in [0.1, 0.15) is 26.3 Å². The molecule has 4 heteroatoms. The van der Waals surface area contributed by atoms with Crippen molar-refractivity contribution in [2.24, 2.45) is 0 Å². The van der Waals surface area contributed by atoms with E-state index in [1.54, 1.807) is 6.07 Å². The van der Waals surface area contributed by atoms with Crippen molar-refractivity contribution in [1.82, 2.24) is 0 Å². The molecule has 0 saturated heterocycles. The Balaban J connectivity index is 2.47. The molecule has 1 aromatic carbocycles. The van der Waals surface area contributed by atoms with Gasteiger partial charge in [0.2, 0.25) is 0 Å². The topological polar surface area (TPSA) is 63.6 Å². The zero-order valence-electron chi connectivity index (χ0n) is 7.61. The molecule has 1 aromatic rings. The molecular weight excluding hydrogens is 196 g/mol. The van der Waals surface area contributed by atoms with Crippen molar-refractivity contribution in [2.75, 3.05) is 6.61 Å². The average molecular weight is 202 g/mol. The van der Waals surface area contributed by atoms with E-state index in [4.69, 9.17) is 5.11 Å². The van der Waals surface area contributed by atoms with Crippen molar-refractivity contribution in [2.45, 2.75) is 0 Å². The maximum atomic E-state index is 11.2.